The van der Waals surface area contributed by atoms with E-state index in [-0.39, 0.29) is 6.04 Å². The summed E-state index contributed by atoms with van der Waals surface area (Å²) in [5.74, 6) is 0.949. The van der Waals surface area contributed by atoms with Gasteiger partial charge in [-0.3, -0.25) is 0 Å². The molecule has 1 aliphatic heterocycles. The molecule has 0 saturated carbocycles. The van der Waals surface area contributed by atoms with Crippen molar-refractivity contribution >= 4 is 5.69 Å². The molecule has 92 valence electrons. The van der Waals surface area contributed by atoms with E-state index in [0.717, 1.165) is 11.4 Å². The van der Waals surface area contributed by atoms with Gasteiger partial charge in [-0.25, -0.2) is 0 Å². The summed E-state index contributed by atoms with van der Waals surface area (Å²) < 4.78 is 5.84. The second kappa shape index (κ2) is 4.37. The van der Waals surface area contributed by atoms with Gasteiger partial charge in [0, 0.05) is 0 Å². The Morgan fingerprint density at radius 1 is 1.11 bits per heavy atom. The molecule has 1 aliphatic rings. The van der Waals surface area contributed by atoms with Crippen molar-refractivity contribution in [1.29, 1.82) is 0 Å². The van der Waals surface area contributed by atoms with Crippen molar-refractivity contribution < 1.29 is 4.74 Å². The first-order valence-electron chi connectivity index (χ1n) is 6.29. The standard InChI is InChI=1S/C16H17NO/c1-11-7-8-16-14(9-11)17-15(10-18-16)13-6-4-3-5-12(13)2/h3-9,15,17H,10H2,1-2H3. The summed E-state index contributed by atoms with van der Waals surface area (Å²) in [5.41, 5.74) is 4.95. The highest BCUT2D eigenvalue weighted by molar-refractivity contribution is 5.60. The molecular weight excluding hydrogens is 222 g/mol. The van der Waals surface area contributed by atoms with Crippen LogP contribution in [0, 0.1) is 13.8 Å². The van der Waals surface area contributed by atoms with Gasteiger partial charge in [0.25, 0.3) is 0 Å². The average Bonchev–Trinajstić information content (AvgIpc) is 2.38. The van der Waals surface area contributed by atoms with Crippen LogP contribution in [0.5, 0.6) is 5.75 Å². The highest BCUT2D eigenvalue weighted by Gasteiger charge is 2.21. The van der Waals surface area contributed by atoms with Crippen LogP contribution in [0.3, 0.4) is 0 Å². The Morgan fingerprint density at radius 3 is 2.78 bits per heavy atom. The number of aryl methyl sites for hydroxylation is 2. The Morgan fingerprint density at radius 2 is 1.94 bits per heavy atom. The summed E-state index contributed by atoms with van der Waals surface area (Å²) >= 11 is 0. The first-order valence-corrected chi connectivity index (χ1v) is 6.29. The highest BCUT2D eigenvalue weighted by atomic mass is 16.5. The number of hydrogen-bond acceptors (Lipinski definition) is 2. The summed E-state index contributed by atoms with van der Waals surface area (Å²) in [4.78, 5) is 0. The van der Waals surface area contributed by atoms with E-state index in [9.17, 15) is 0 Å². The van der Waals surface area contributed by atoms with Crippen molar-refractivity contribution in [3.8, 4) is 5.75 Å². The maximum Gasteiger partial charge on any atom is 0.142 e. The molecular formula is C16H17NO. The van der Waals surface area contributed by atoms with Gasteiger partial charge in [-0.15, -0.1) is 0 Å². The Labute approximate surface area is 108 Å². The van der Waals surface area contributed by atoms with E-state index in [0.29, 0.717) is 6.61 Å². The molecule has 3 rings (SSSR count). The lowest BCUT2D eigenvalue weighted by atomic mass is 10.0. The first kappa shape index (κ1) is 11.1. The molecule has 1 N–H and O–H groups in total. The fraction of sp³-hybridized carbons (Fsp3) is 0.250. The Kier molecular flexibility index (Phi) is 2.71. The molecule has 1 unspecified atom stereocenters. The van der Waals surface area contributed by atoms with Crippen LogP contribution >= 0.6 is 0 Å². The number of anilines is 1. The minimum Gasteiger partial charge on any atom is -0.489 e. The van der Waals surface area contributed by atoms with Crippen molar-refractivity contribution in [3.05, 3.63) is 59.2 Å². The maximum absolute atomic E-state index is 5.84. The number of nitrogens with one attached hydrogen (secondary N) is 1. The zero-order valence-corrected chi connectivity index (χ0v) is 10.7. The molecule has 2 aromatic rings. The molecule has 0 saturated heterocycles. The number of fused-ring (bicyclic) bond motifs is 1. The second-order valence-corrected chi connectivity index (χ2v) is 4.86. The van der Waals surface area contributed by atoms with Gasteiger partial charge in [0.15, 0.2) is 0 Å². The van der Waals surface area contributed by atoms with E-state index in [1.54, 1.807) is 0 Å². The van der Waals surface area contributed by atoms with Crippen molar-refractivity contribution in [1.82, 2.24) is 0 Å². The largest absolute Gasteiger partial charge is 0.489 e. The van der Waals surface area contributed by atoms with Crippen LogP contribution in [0.1, 0.15) is 22.7 Å². The molecule has 2 heteroatoms. The van der Waals surface area contributed by atoms with E-state index in [1.807, 2.05) is 6.07 Å². The lowest BCUT2D eigenvalue weighted by Gasteiger charge is -2.29. The van der Waals surface area contributed by atoms with Crippen LogP contribution in [0.25, 0.3) is 0 Å². The molecule has 2 nitrogen and oxygen atoms in total. The number of ether oxygens (including phenoxy) is 1. The van der Waals surface area contributed by atoms with Crippen molar-refractivity contribution in [3.63, 3.8) is 0 Å². The van der Waals surface area contributed by atoms with Crippen molar-refractivity contribution in [2.24, 2.45) is 0 Å². The summed E-state index contributed by atoms with van der Waals surface area (Å²) in [5, 5.41) is 3.57. The predicted octanol–water partition coefficient (Wildman–Crippen LogP) is 3.85. The van der Waals surface area contributed by atoms with E-state index in [2.05, 4.69) is 55.6 Å². The summed E-state index contributed by atoms with van der Waals surface area (Å²) in [6, 6.07) is 14.9. The number of benzene rings is 2. The Hall–Kier alpha value is -1.96. The third-order valence-electron chi connectivity index (χ3n) is 3.43. The van der Waals surface area contributed by atoms with Crippen molar-refractivity contribution in [2.75, 3.05) is 11.9 Å². The molecule has 0 spiro atoms. The van der Waals surface area contributed by atoms with Crippen LogP contribution in [0.15, 0.2) is 42.5 Å². The molecule has 1 atom stereocenters. The average molecular weight is 239 g/mol. The van der Waals surface area contributed by atoms with Crippen LogP contribution in [-0.2, 0) is 0 Å². The Bertz CT molecular complexity index is 577. The topological polar surface area (TPSA) is 21.3 Å². The molecule has 2 aromatic carbocycles. The van der Waals surface area contributed by atoms with Crippen LogP contribution in [0.2, 0.25) is 0 Å². The SMILES string of the molecule is Cc1ccc2c(c1)NC(c1ccccc1C)CO2. The highest BCUT2D eigenvalue weighted by Crippen LogP contribution is 2.34. The van der Waals surface area contributed by atoms with Gasteiger partial charge < -0.3 is 10.1 Å². The van der Waals surface area contributed by atoms with Gasteiger partial charge in [0.1, 0.15) is 12.4 Å². The quantitative estimate of drug-likeness (QED) is 0.816. The molecule has 0 aromatic heterocycles. The van der Waals surface area contributed by atoms with Gasteiger partial charge in [-0.1, -0.05) is 30.3 Å². The summed E-state index contributed by atoms with van der Waals surface area (Å²) in [7, 11) is 0. The summed E-state index contributed by atoms with van der Waals surface area (Å²) in [6.45, 7) is 4.92. The van der Waals surface area contributed by atoms with Gasteiger partial charge in [0.2, 0.25) is 0 Å². The molecule has 0 radical (unpaired) electrons. The van der Waals surface area contributed by atoms with Crippen LogP contribution < -0.4 is 10.1 Å². The Balaban J connectivity index is 1.93. The van der Waals surface area contributed by atoms with Crippen LogP contribution in [0.4, 0.5) is 5.69 Å². The number of hydrogen-bond donors (Lipinski definition) is 1. The first-order chi connectivity index (χ1) is 8.74. The molecule has 0 bridgehead atoms. The van der Waals surface area contributed by atoms with Gasteiger partial charge in [-0.2, -0.15) is 0 Å². The van der Waals surface area contributed by atoms with Gasteiger partial charge in [-0.05, 0) is 42.7 Å². The van der Waals surface area contributed by atoms with E-state index in [1.165, 1.54) is 16.7 Å². The van der Waals surface area contributed by atoms with Crippen molar-refractivity contribution in [2.45, 2.75) is 19.9 Å². The van der Waals surface area contributed by atoms with E-state index >= 15 is 0 Å². The fourth-order valence-corrected chi connectivity index (χ4v) is 2.43. The third-order valence-corrected chi connectivity index (χ3v) is 3.43. The molecule has 0 aliphatic carbocycles. The monoisotopic (exact) mass is 239 g/mol. The minimum absolute atomic E-state index is 0.237. The molecule has 0 fully saturated rings. The fourth-order valence-electron chi connectivity index (χ4n) is 2.43. The van der Waals surface area contributed by atoms with E-state index < -0.39 is 0 Å². The second-order valence-electron chi connectivity index (χ2n) is 4.86. The molecule has 0 amide bonds. The zero-order chi connectivity index (χ0) is 12.5. The number of rotatable bonds is 1. The normalized spacial score (nSPS) is 17.6. The van der Waals surface area contributed by atoms with Gasteiger partial charge >= 0.3 is 0 Å². The smallest absolute Gasteiger partial charge is 0.142 e. The minimum atomic E-state index is 0.237. The predicted molar refractivity (Wildman–Crippen MR) is 74.2 cm³/mol. The lowest BCUT2D eigenvalue weighted by Crippen LogP contribution is -2.24. The molecule has 1 heterocycles. The third kappa shape index (κ3) is 1.94. The van der Waals surface area contributed by atoms with E-state index in [4.69, 9.17) is 4.74 Å². The lowest BCUT2D eigenvalue weighted by molar-refractivity contribution is 0.286. The zero-order valence-electron chi connectivity index (χ0n) is 10.7. The summed E-state index contributed by atoms with van der Waals surface area (Å²) in [6.07, 6.45) is 0. The molecule has 18 heavy (non-hydrogen) atoms. The van der Waals surface area contributed by atoms with Gasteiger partial charge in [0.05, 0.1) is 11.7 Å². The maximum atomic E-state index is 5.84. The van der Waals surface area contributed by atoms with Crippen LogP contribution in [-0.4, -0.2) is 6.61 Å².